The van der Waals surface area contributed by atoms with Crippen molar-refractivity contribution in [2.24, 2.45) is 0 Å². The fraction of sp³-hybridized carbons (Fsp3) is 0.263. The molecule has 2 amide bonds. The Bertz CT molecular complexity index is 715. The van der Waals surface area contributed by atoms with Gasteiger partial charge in [-0.2, -0.15) is 0 Å². The van der Waals surface area contributed by atoms with Crippen molar-refractivity contribution in [1.29, 1.82) is 0 Å². The molecule has 4 nitrogen and oxygen atoms in total. The van der Waals surface area contributed by atoms with Gasteiger partial charge in [0.05, 0.1) is 0 Å². The third-order valence-corrected chi connectivity index (χ3v) is 4.15. The SMILES string of the molecule is CC(=O)N(CCC(=O)Nc1cc(Cl)cc(Cl)c1)CCc1ccccc1. The zero-order valence-electron chi connectivity index (χ0n) is 14.0. The van der Waals surface area contributed by atoms with Crippen LogP contribution in [0.4, 0.5) is 5.69 Å². The largest absolute Gasteiger partial charge is 0.342 e. The molecule has 0 fully saturated rings. The van der Waals surface area contributed by atoms with E-state index in [0.717, 1.165) is 12.0 Å². The Labute approximate surface area is 157 Å². The highest BCUT2D eigenvalue weighted by Gasteiger charge is 2.12. The summed E-state index contributed by atoms with van der Waals surface area (Å²) >= 11 is 11.8. The van der Waals surface area contributed by atoms with Gasteiger partial charge in [0, 0.05) is 42.2 Å². The summed E-state index contributed by atoms with van der Waals surface area (Å²) in [5, 5.41) is 3.66. The Balaban J connectivity index is 1.85. The lowest BCUT2D eigenvalue weighted by atomic mass is 10.1. The predicted octanol–water partition coefficient (Wildman–Crippen LogP) is 4.41. The molecule has 0 unspecified atom stereocenters. The first-order valence-electron chi connectivity index (χ1n) is 7.99. The van der Waals surface area contributed by atoms with Crippen LogP contribution in [0.25, 0.3) is 0 Å². The lowest BCUT2D eigenvalue weighted by molar-refractivity contribution is -0.129. The van der Waals surface area contributed by atoms with Crippen LogP contribution in [-0.2, 0) is 16.0 Å². The normalized spacial score (nSPS) is 10.4. The van der Waals surface area contributed by atoms with Crippen molar-refractivity contribution in [1.82, 2.24) is 4.90 Å². The Hall–Kier alpha value is -2.04. The summed E-state index contributed by atoms with van der Waals surface area (Å²) < 4.78 is 0. The second-order valence-corrected chi connectivity index (χ2v) is 6.57. The number of hydrogen-bond acceptors (Lipinski definition) is 2. The van der Waals surface area contributed by atoms with Crippen LogP contribution in [0.5, 0.6) is 0 Å². The molecule has 0 heterocycles. The molecule has 2 aromatic carbocycles. The number of rotatable bonds is 7. The Morgan fingerprint density at radius 3 is 2.24 bits per heavy atom. The van der Waals surface area contributed by atoms with Crippen LogP contribution in [0.3, 0.4) is 0 Å². The minimum absolute atomic E-state index is 0.0467. The van der Waals surface area contributed by atoms with Crippen LogP contribution in [-0.4, -0.2) is 29.8 Å². The van der Waals surface area contributed by atoms with Gasteiger partial charge in [-0.25, -0.2) is 0 Å². The summed E-state index contributed by atoms with van der Waals surface area (Å²) in [5.41, 5.74) is 1.70. The number of nitrogens with one attached hydrogen (secondary N) is 1. The molecule has 0 atom stereocenters. The number of nitrogens with zero attached hydrogens (tertiary/aromatic N) is 1. The highest BCUT2D eigenvalue weighted by Crippen LogP contribution is 2.22. The van der Waals surface area contributed by atoms with Crippen molar-refractivity contribution in [3.63, 3.8) is 0 Å². The summed E-state index contributed by atoms with van der Waals surface area (Å²) in [6, 6.07) is 14.8. The van der Waals surface area contributed by atoms with Crippen LogP contribution < -0.4 is 5.32 Å². The maximum atomic E-state index is 12.1. The van der Waals surface area contributed by atoms with Crippen molar-refractivity contribution in [2.75, 3.05) is 18.4 Å². The molecule has 0 aliphatic rings. The summed E-state index contributed by atoms with van der Waals surface area (Å²) in [4.78, 5) is 25.6. The first kappa shape index (κ1) is 19.3. The van der Waals surface area contributed by atoms with E-state index in [0.29, 0.717) is 28.8 Å². The first-order chi connectivity index (χ1) is 11.9. The van der Waals surface area contributed by atoms with E-state index < -0.39 is 0 Å². The van der Waals surface area contributed by atoms with Gasteiger partial charge in [-0.05, 0) is 30.2 Å². The first-order valence-corrected chi connectivity index (χ1v) is 8.75. The predicted molar refractivity (Wildman–Crippen MR) is 102 cm³/mol. The van der Waals surface area contributed by atoms with E-state index in [-0.39, 0.29) is 18.2 Å². The van der Waals surface area contributed by atoms with Gasteiger partial charge in [0.1, 0.15) is 0 Å². The highest BCUT2D eigenvalue weighted by molar-refractivity contribution is 6.35. The topological polar surface area (TPSA) is 49.4 Å². The van der Waals surface area contributed by atoms with Crippen molar-refractivity contribution < 1.29 is 9.59 Å². The van der Waals surface area contributed by atoms with Crippen LogP contribution in [0.15, 0.2) is 48.5 Å². The molecule has 0 saturated carbocycles. The number of hydrogen-bond donors (Lipinski definition) is 1. The van der Waals surface area contributed by atoms with E-state index in [1.54, 1.807) is 23.1 Å². The molecular weight excluding hydrogens is 359 g/mol. The fourth-order valence-electron chi connectivity index (χ4n) is 2.42. The smallest absolute Gasteiger partial charge is 0.226 e. The van der Waals surface area contributed by atoms with E-state index in [1.165, 1.54) is 6.92 Å². The van der Waals surface area contributed by atoms with Crippen molar-refractivity contribution in [3.05, 3.63) is 64.1 Å². The number of halogens is 2. The average Bonchev–Trinajstić information content (AvgIpc) is 2.54. The van der Waals surface area contributed by atoms with Crippen LogP contribution in [0, 0.1) is 0 Å². The van der Waals surface area contributed by atoms with Crippen molar-refractivity contribution in [3.8, 4) is 0 Å². The van der Waals surface area contributed by atoms with Gasteiger partial charge in [-0.1, -0.05) is 53.5 Å². The number of benzene rings is 2. The van der Waals surface area contributed by atoms with Crippen molar-refractivity contribution in [2.45, 2.75) is 19.8 Å². The summed E-state index contributed by atoms with van der Waals surface area (Å²) in [6.45, 7) is 2.46. The summed E-state index contributed by atoms with van der Waals surface area (Å²) in [5.74, 6) is -0.237. The van der Waals surface area contributed by atoms with E-state index >= 15 is 0 Å². The van der Waals surface area contributed by atoms with E-state index in [9.17, 15) is 9.59 Å². The van der Waals surface area contributed by atoms with E-state index in [1.807, 2.05) is 30.3 Å². The molecule has 1 N–H and O–H groups in total. The fourth-order valence-corrected chi connectivity index (χ4v) is 2.95. The quantitative estimate of drug-likeness (QED) is 0.775. The molecule has 0 radical (unpaired) electrons. The molecule has 25 heavy (non-hydrogen) atoms. The molecule has 0 saturated heterocycles. The maximum absolute atomic E-state index is 12.1. The summed E-state index contributed by atoms with van der Waals surface area (Å²) in [6.07, 6.45) is 0.963. The molecular formula is C19H20Cl2N2O2. The van der Waals surface area contributed by atoms with Gasteiger partial charge in [-0.3, -0.25) is 9.59 Å². The lowest BCUT2D eigenvalue weighted by Gasteiger charge is -2.21. The number of anilines is 1. The molecule has 0 bridgehead atoms. The second kappa shape index (κ2) is 9.44. The molecule has 6 heteroatoms. The van der Waals surface area contributed by atoms with E-state index in [2.05, 4.69) is 5.32 Å². The molecule has 2 rings (SSSR count). The standard InChI is InChI=1S/C19H20Cl2N2O2/c1-14(24)23(9-7-15-5-3-2-4-6-15)10-8-19(25)22-18-12-16(20)11-17(21)13-18/h2-6,11-13H,7-10H2,1H3,(H,22,25). The van der Waals surface area contributed by atoms with Gasteiger partial charge >= 0.3 is 0 Å². The van der Waals surface area contributed by atoms with Crippen LogP contribution in [0.2, 0.25) is 10.0 Å². The Morgan fingerprint density at radius 1 is 1.00 bits per heavy atom. The molecule has 132 valence electrons. The monoisotopic (exact) mass is 378 g/mol. The maximum Gasteiger partial charge on any atom is 0.226 e. The van der Waals surface area contributed by atoms with Gasteiger partial charge < -0.3 is 10.2 Å². The molecule has 2 aromatic rings. The van der Waals surface area contributed by atoms with Gasteiger partial charge in [0.25, 0.3) is 0 Å². The second-order valence-electron chi connectivity index (χ2n) is 5.70. The third-order valence-electron chi connectivity index (χ3n) is 3.71. The Morgan fingerprint density at radius 2 is 1.64 bits per heavy atom. The van der Waals surface area contributed by atoms with Crippen LogP contribution >= 0.6 is 23.2 Å². The van der Waals surface area contributed by atoms with Gasteiger partial charge in [0.15, 0.2) is 0 Å². The summed E-state index contributed by atoms with van der Waals surface area (Å²) in [7, 11) is 0. The zero-order valence-corrected chi connectivity index (χ0v) is 15.5. The number of amides is 2. The molecule has 0 aromatic heterocycles. The number of carbonyl (C=O) groups is 2. The Kier molecular flexibility index (Phi) is 7.29. The number of carbonyl (C=O) groups excluding carboxylic acids is 2. The van der Waals surface area contributed by atoms with Gasteiger partial charge in [-0.15, -0.1) is 0 Å². The minimum Gasteiger partial charge on any atom is -0.342 e. The minimum atomic E-state index is -0.190. The van der Waals surface area contributed by atoms with Gasteiger partial charge in [0.2, 0.25) is 11.8 Å². The van der Waals surface area contributed by atoms with E-state index in [4.69, 9.17) is 23.2 Å². The molecule has 0 aliphatic heterocycles. The van der Waals surface area contributed by atoms with Crippen LogP contribution in [0.1, 0.15) is 18.9 Å². The lowest BCUT2D eigenvalue weighted by Crippen LogP contribution is -2.33. The average molecular weight is 379 g/mol. The molecule has 0 aliphatic carbocycles. The van der Waals surface area contributed by atoms with Crippen molar-refractivity contribution >= 4 is 40.7 Å². The zero-order chi connectivity index (χ0) is 18.2. The molecule has 0 spiro atoms. The highest BCUT2D eigenvalue weighted by atomic mass is 35.5. The third kappa shape index (κ3) is 6.77.